The number of piperidine rings is 1. The highest BCUT2D eigenvalue weighted by Crippen LogP contribution is 2.39. The molecule has 57 heavy (non-hydrogen) atoms. The third-order valence-corrected chi connectivity index (χ3v) is 11.2. The molecule has 11 nitrogen and oxygen atoms in total. The first-order valence-corrected chi connectivity index (χ1v) is 19.6. The number of para-hydroxylation sites is 4. The number of amides is 1. The number of imidazole rings is 1. The van der Waals surface area contributed by atoms with Crippen LogP contribution in [0.3, 0.4) is 0 Å². The Labute approximate surface area is 329 Å². The van der Waals surface area contributed by atoms with E-state index in [1.807, 2.05) is 89.5 Å². The molecule has 2 aromatic heterocycles. The standard InChI is InChI=1S/C46H44N6O5/c53-29-30-12-14-33(15-13-30)43-25-37(28-51-22-20-36(21-23-51)52-42-11-4-3-10-40(42)50-46(52)55)56-45(57-43)34-18-16-32(17-19-34)35-7-5-6-31(24-35)26-48-44(54)41-27-47-38-8-1-2-9-39(38)49-41/h1-19,24,27,36-37,43,45,53H,20-23,25-26,28-29H2,(H,48,54)(H,50,55)/t37-,43+,45+/m1/s1. The van der Waals surface area contributed by atoms with E-state index in [4.69, 9.17) is 9.47 Å². The first kappa shape index (κ1) is 36.6. The monoisotopic (exact) mass is 760 g/mol. The molecule has 9 rings (SSSR count). The number of carbonyl (C=O) groups excluding carboxylic acids is 1. The number of H-pyrrole nitrogens is 1. The average Bonchev–Trinajstić information content (AvgIpc) is 3.61. The lowest BCUT2D eigenvalue weighted by Crippen LogP contribution is -2.43. The number of hydrogen-bond acceptors (Lipinski definition) is 8. The molecule has 5 aromatic carbocycles. The topological polar surface area (TPSA) is 135 Å². The third kappa shape index (κ3) is 8.01. The maximum atomic E-state index is 12.9. The van der Waals surface area contributed by atoms with E-state index in [2.05, 4.69) is 61.6 Å². The number of nitrogens with one attached hydrogen (secondary N) is 2. The minimum atomic E-state index is -0.567. The van der Waals surface area contributed by atoms with Crippen LogP contribution in [0.4, 0.5) is 0 Å². The maximum Gasteiger partial charge on any atom is 0.326 e. The van der Waals surface area contributed by atoms with Crippen LogP contribution >= 0.6 is 0 Å². The largest absolute Gasteiger partial charge is 0.392 e. The van der Waals surface area contributed by atoms with Gasteiger partial charge in [0, 0.05) is 44.2 Å². The van der Waals surface area contributed by atoms with Gasteiger partial charge in [-0.05, 0) is 71.0 Å². The van der Waals surface area contributed by atoms with Crippen LogP contribution in [0.2, 0.25) is 0 Å². The maximum absolute atomic E-state index is 12.9. The number of aromatic nitrogens is 4. The molecule has 1 amide bonds. The molecule has 2 aliphatic heterocycles. The lowest BCUT2D eigenvalue weighted by atomic mass is 9.98. The van der Waals surface area contributed by atoms with E-state index >= 15 is 0 Å². The van der Waals surface area contributed by atoms with Gasteiger partial charge in [0.1, 0.15) is 5.69 Å². The Morgan fingerprint density at radius 3 is 2.37 bits per heavy atom. The highest BCUT2D eigenvalue weighted by atomic mass is 16.7. The predicted molar refractivity (Wildman–Crippen MR) is 218 cm³/mol. The van der Waals surface area contributed by atoms with Gasteiger partial charge in [-0.25, -0.2) is 9.78 Å². The molecule has 11 heteroatoms. The van der Waals surface area contributed by atoms with Gasteiger partial charge in [-0.3, -0.25) is 14.3 Å². The number of aromatic amines is 1. The van der Waals surface area contributed by atoms with E-state index in [0.717, 1.165) is 82.4 Å². The molecule has 0 aliphatic carbocycles. The summed E-state index contributed by atoms with van der Waals surface area (Å²) in [5.41, 5.74) is 9.37. The number of rotatable bonds is 10. The van der Waals surface area contributed by atoms with Crippen molar-refractivity contribution in [2.45, 2.75) is 57.0 Å². The minimum absolute atomic E-state index is 0.00873. The van der Waals surface area contributed by atoms with Crippen molar-refractivity contribution in [1.82, 2.24) is 29.7 Å². The van der Waals surface area contributed by atoms with Gasteiger partial charge in [0.15, 0.2) is 6.29 Å². The summed E-state index contributed by atoms with van der Waals surface area (Å²) in [5.74, 6) is -0.275. The third-order valence-electron chi connectivity index (χ3n) is 11.2. The molecule has 7 aromatic rings. The van der Waals surface area contributed by atoms with Crippen LogP contribution in [0.5, 0.6) is 0 Å². The van der Waals surface area contributed by atoms with Gasteiger partial charge < -0.3 is 29.8 Å². The molecular weight excluding hydrogens is 717 g/mol. The summed E-state index contributed by atoms with van der Waals surface area (Å²) in [4.78, 5) is 40.1. The fraction of sp³-hybridized carbons (Fsp3) is 0.261. The Hall–Kier alpha value is -5.98. The molecule has 2 aliphatic rings. The predicted octanol–water partition coefficient (Wildman–Crippen LogP) is 7.24. The molecular formula is C46H44N6O5. The molecule has 0 unspecified atom stereocenters. The minimum Gasteiger partial charge on any atom is -0.392 e. The van der Waals surface area contributed by atoms with Crippen LogP contribution in [0.1, 0.15) is 70.4 Å². The number of nitrogens with zero attached hydrogens (tertiary/aromatic N) is 4. The fourth-order valence-corrected chi connectivity index (χ4v) is 8.15. The average molecular weight is 761 g/mol. The normalized spacial score (nSPS) is 19.2. The first-order valence-electron chi connectivity index (χ1n) is 19.6. The van der Waals surface area contributed by atoms with E-state index in [9.17, 15) is 14.7 Å². The smallest absolute Gasteiger partial charge is 0.326 e. The molecule has 0 saturated carbocycles. The number of aliphatic hydroxyl groups is 1. The van der Waals surface area contributed by atoms with Gasteiger partial charge in [0.2, 0.25) is 0 Å². The van der Waals surface area contributed by atoms with Gasteiger partial charge in [0.05, 0.1) is 47.1 Å². The van der Waals surface area contributed by atoms with Crippen molar-refractivity contribution in [3.63, 3.8) is 0 Å². The van der Waals surface area contributed by atoms with Crippen molar-refractivity contribution in [3.8, 4) is 11.1 Å². The molecule has 2 fully saturated rings. The highest BCUT2D eigenvalue weighted by Gasteiger charge is 2.34. The van der Waals surface area contributed by atoms with Gasteiger partial charge in [-0.1, -0.05) is 91.0 Å². The number of benzene rings is 5. The molecule has 3 N–H and O–H groups in total. The zero-order chi connectivity index (χ0) is 38.7. The van der Waals surface area contributed by atoms with Crippen LogP contribution in [0.25, 0.3) is 33.2 Å². The summed E-state index contributed by atoms with van der Waals surface area (Å²) in [5, 5.41) is 12.6. The number of carbonyl (C=O) groups is 1. The van der Waals surface area contributed by atoms with Crippen molar-refractivity contribution < 1.29 is 19.4 Å². The summed E-state index contributed by atoms with van der Waals surface area (Å²) in [7, 11) is 0. The van der Waals surface area contributed by atoms with Crippen LogP contribution < -0.4 is 11.0 Å². The van der Waals surface area contributed by atoms with Crippen molar-refractivity contribution in [1.29, 1.82) is 0 Å². The SMILES string of the molecule is O=C(NCc1cccc(-c2ccc([C@H]3O[C@@H](CN4CCC(n5c(=O)[nH]c6ccccc65)CC4)C[C@@H](c4ccc(CO)cc4)O3)cc2)c1)c1cnc2ccccc2n1. The summed E-state index contributed by atoms with van der Waals surface area (Å²) >= 11 is 0. The Bertz CT molecular complexity index is 2560. The second kappa shape index (κ2) is 16.2. The van der Waals surface area contributed by atoms with Gasteiger partial charge in [0.25, 0.3) is 5.91 Å². The summed E-state index contributed by atoms with van der Waals surface area (Å²) in [6.45, 7) is 2.84. The van der Waals surface area contributed by atoms with E-state index in [1.165, 1.54) is 6.20 Å². The lowest BCUT2D eigenvalue weighted by molar-refractivity contribution is -0.253. The fourth-order valence-electron chi connectivity index (χ4n) is 8.15. The highest BCUT2D eigenvalue weighted by molar-refractivity contribution is 5.93. The van der Waals surface area contributed by atoms with Crippen molar-refractivity contribution >= 4 is 28.0 Å². The van der Waals surface area contributed by atoms with Gasteiger partial charge in [-0.2, -0.15) is 0 Å². The van der Waals surface area contributed by atoms with Crippen molar-refractivity contribution in [2.75, 3.05) is 19.6 Å². The van der Waals surface area contributed by atoms with E-state index < -0.39 is 6.29 Å². The number of fused-ring (bicyclic) bond motifs is 2. The number of hydrogen-bond donors (Lipinski definition) is 3. The van der Waals surface area contributed by atoms with Crippen LogP contribution in [0, 0.1) is 0 Å². The van der Waals surface area contributed by atoms with Crippen molar-refractivity contribution in [2.24, 2.45) is 0 Å². The Morgan fingerprint density at radius 1 is 0.807 bits per heavy atom. The zero-order valence-electron chi connectivity index (χ0n) is 31.5. The first-order chi connectivity index (χ1) is 28.0. The van der Waals surface area contributed by atoms with Crippen LogP contribution in [0.15, 0.2) is 132 Å². The summed E-state index contributed by atoms with van der Waals surface area (Å²) in [6.07, 6.45) is 3.14. The Morgan fingerprint density at radius 2 is 1.56 bits per heavy atom. The van der Waals surface area contributed by atoms with E-state index in [0.29, 0.717) is 18.5 Å². The molecule has 0 spiro atoms. The molecule has 2 saturated heterocycles. The Balaban J connectivity index is 0.872. The van der Waals surface area contributed by atoms with Crippen molar-refractivity contribution in [3.05, 3.63) is 166 Å². The quantitative estimate of drug-likeness (QED) is 0.133. The van der Waals surface area contributed by atoms with Crippen LogP contribution in [-0.2, 0) is 22.6 Å². The molecule has 288 valence electrons. The number of ether oxygens (including phenoxy) is 2. The molecule has 0 bridgehead atoms. The van der Waals surface area contributed by atoms with Gasteiger partial charge in [-0.15, -0.1) is 0 Å². The molecule has 0 radical (unpaired) electrons. The number of likely N-dealkylation sites (tertiary alicyclic amines) is 1. The summed E-state index contributed by atoms with van der Waals surface area (Å²) < 4.78 is 15.3. The second-order valence-corrected chi connectivity index (χ2v) is 14.9. The number of aliphatic hydroxyl groups excluding tert-OH is 1. The van der Waals surface area contributed by atoms with Crippen LogP contribution in [-0.4, -0.2) is 61.2 Å². The molecule has 4 heterocycles. The zero-order valence-corrected chi connectivity index (χ0v) is 31.5. The second-order valence-electron chi connectivity index (χ2n) is 14.9. The Kier molecular flexibility index (Phi) is 10.4. The van der Waals surface area contributed by atoms with Gasteiger partial charge >= 0.3 is 5.69 Å². The molecule has 3 atom stereocenters. The lowest BCUT2D eigenvalue weighted by Gasteiger charge is -2.40. The van der Waals surface area contributed by atoms with E-state index in [1.54, 1.807) is 0 Å². The summed E-state index contributed by atoms with van der Waals surface area (Å²) in [6, 6.07) is 39.9. The van der Waals surface area contributed by atoms with E-state index in [-0.39, 0.29) is 42.1 Å².